The van der Waals surface area contributed by atoms with E-state index in [0.29, 0.717) is 17.7 Å². The summed E-state index contributed by atoms with van der Waals surface area (Å²) in [4.78, 5) is 22.6. The minimum absolute atomic E-state index is 0.214. The molecule has 2 aromatic rings. The van der Waals surface area contributed by atoms with Crippen molar-refractivity contribution >= 4 is 11.2 Å². The molecule has 1 N–H and O–H groups in total. The second kappa shape index (κ2) is 3.56. The molecule has 0 unspecified atom stereocenters. The molecule has 0 fully saturated rings. The Labute approximate surface area is 85.2 Å². The van der Waals surface area contributed by atoms with E-state index >= 15 is 0 Å². The van der Waals surface area contributed by atoms with Crippen LogP contribution in [0.5, 0.6) is 6.01 Å². The van der Waals surface area contributed by atoms with Gasteiger partial charge >= 0.3 is 6.01 Å². The predicted molar refractivity (Wildman–Crippen MR) is 54.9 cm³/mol. The SMILES string of the molecule is C=CCn1c(OC)nc2nc[nH]c2c1=O. The molecule has 0 spiro atoms. The van der Waals surface area contributed by atoms with E-state index in [4.69, 9.17) is 4.74 Å². The molecule has 2 aromatic heterocycles. The van der Waals surface area contributed by atoms with Crippen LogP contribution in [0, 0.1) is 0 Å². The van der Waals surface area contributed by atoms with Crippen LogP contribution < -0.4 is 10.3 Å². The van der Waals surface area contributed by atoms with Crippen molar-refractivity contribution in [1.82, 2.24) is 19.5 Å². The first-order valence-corrected chi connectivity index (χ1v) is 4.36. The van der Waals surface area contributed by atoms with Gasteiger partial charge in [0.15, 0.2) is 11.2 Å². The lowest BCUT2D eigenvalue weighted by molar-refractivity contribution is 0.354. The van der Waals surface area contributed by atoms with Gasteiger partial charge in [0, 0.05) is 6.54 Å². The van der Waals surface area contributed by atoms with Gasteiger partial charge in [0.05, 0.1) is 13.4 Å². The largest absolute Gasteiger partial charge is 0.468 e. The van der Waals surface area contributed by atoms with Crippen molar-refractivity contribution in [3.05, 3.63) is 29.3 Å². The number of aromatic nitrogens is 4. The summed E-state index contributed by atoms with van der Waals surface area (Å²) in [5, 5.41) is 0. The van der Waals surface area contributed by atoms with Crippen LogP contribution in [-0.2, 0) is 6.54 Å². The molecule has 0 aliphatic carbocycles. The van der Waals surface area contributed by atoms with Gasteiger partial charge in [-0.15, -0.1) is 6.58 Å². The molecule has 78 valence electrons. The normalized spacial score (nSPS) is 10.5. The number of nitrogens with one attached hydrogen (secondary N) is 1. The molecule has 2 rings (SSSR count). The molecule has 6 nitrogen and oxygen atoms in total. The minimum Gasteiger partial charge on any atom is -0.468 e. The topological polar surface area (TPSA) is 72.8 Å². The van der Waals surface area contributed by atoms with E-state index in [0.717, 1.165) is 0 Å². The van der Waals surface area contributed by atoms with Crippen molar-refractivity contribution in [3.8, 4) is 6.01 Å². The highest BCUT2D eigenvalue weighted by Gasteiger charge is 2.11. The molecule has 0 amide bonds. The Kier molecular flexibility index (Phi) is 2.24. The van der Waals surface area contributed by atoms with Gasteiger partial charge in [0.25, 0.3) is 5.56 Å². The molecule has 6 heteroatoms. The van der Waals surface area contributed by atoms with Crippen LogP contribution in [0.15, 0.2) is 23.8 Å². The Bertz CT molecular complexity index is 555. The molecule has 2 heterocycles. The summed E-state index contributed by atoms with van der Waals surface area (Å²) >= 11 is 0. The molecular formula is C9H10N4O2. The van der Waals surface area contributed by atoms with Gasteiger partial charge in [-0.25, -0.2) is 4.98 Å². The molecule has 0 bridgehead atoms. The summed E-state index contributed by atoms with van der Waals surface area (Å²) in [6, 6.07) is 0.236. The van der Waals surface area contributed by atoms with Crippen molar-refractivity contribution in [3.63, 3.8) is 0 Å². The summed E-state index contributed by atoms with van der Waals surface area (Å²) in [5.74, 6) is 0. The number of allylic oxidation sites excluding steroid dienone is 1. The van der Waals surface area contributed by atoms with E-state index < -0.39 is 0 Å². The zero-order chi connectivity index (χ0) is 10.8. The highest BCUT2D eigenvalue weighted by atomic mass is 16.5. The predicted octanol–water partition coefficient (Wildman–Crippen LogP) is 0.314. The van der Waals surface area contributed by atoms with Gasteiger partial charge in [-0.1, -0.05) is 6.08 Å². The van der Waals surface area contributed by atoms with E-state index in [1.54, 1.807) is 6.08 Å². The molecule has 0 aromatic carbocycles. The molecular weight excluding hydrogens is 196 g/mol. The molecule has 0 saturated heterocycles. The summed E-state index contributed by atoms with van der Waals surface area (Å²) in [6.45, 7) is 3.92. The Balaban J connectivity index is 2.79. The monoisotopic (exact) mass is 206 g/mol. The first-order chi connectivity index (χ1) is 7.27. The first-order valence-electron chi connectivity index (χ1n) is 4.36. The average molecular weight is 206 g/mol. The molecule has 15 heavy (non-hydrogen) atoms. The van der Waals surface area contributed by atoms with E-state index in [9.17, 15) is 4.79 Å². The lowest BCUT2D eigenvalue weighted by Crippen LogP contribution is -2.22. The van der Waals surface area contributed by atoms with Crippen LogP contribution in [-0.4, -0.2) is 26.6 Å². The lowest BCUT2D eigenvalue weighted by Gasteiger charge is -2.07. The van der Waals surface area contributed by atoms with Gasteiger partial charge in [0.1, 0.15) is 0 Å². The fourth-order valence-corrected chi connectivity index (χ4v) is 1.35. The van der Waals surface area contributed by atoms with Crippen LogP contribution in [0.1, 0.15) is 0 Å². The zero-order valence-corrected chi connectivity index (χ0v) is 8.23. The van der Waals surface area contributed by atoms with Gasteiger partial charge in [-0.2, -0.15) is 4.98 Å². The lowest BCUT2D eigenvalue weighted by atomic mass is 10.5. The number of hydrogen-bond acceptors (Lipinski definition) is 4. The zero-order valence-electron chi connectivity index (χ0n) is 8.23. The van der Waals surface area contributed by atoms with Crippen molar-refractivity contribution in [1.29, 1.82) is 0 Å². The number of rotatable bonds is 3. The van der Waals surface area contributed by atoms with E-state index in [2.05, 4.69) is 21.5 Å². The van der Waals surface area contributed by atoms with Crippen molar-refractivity contribution in [2.75, 3.05) is 7.11 Å². The maximum absolute atomic E-state index is 11.9. The van der Waals surface area contributed by atoms with Crippen LogP contribution in [0.4, 0.5) is 0 Å². The standard InChI is InChI=1S/C9H10N4O2/c1-3-4-13-8(14)6-7(11-5-10-6)12-9(13)15-2/h3,5H,1,4H2,2H3,(H,10,11). The number of nitrogens with zero attached hydrogens (tertiary/aromatic N) is 3. The van der Waals surface area contributed by atoms with Gasteiger partial charge < -0.3 is 9.72 Å². The van der Waals surface area contributed by atoms with Crippen molar-refractivity contribution < 1.29 is 4.74 Å². The summed E-state index contributed by atoms with van der Waals surface area (Å²) in [7, 11) is 1.46. The maximum atomic E-state index is 11.9. The molecule has 0 atom stereocenters. The number of ether oxygens (including phenoxy) is 1. The van der Waals surface area contributed by atoms with E-state index in [-0.39, 0.29) is 11.6 Å². The number of fused-ring (bicyclic) bond motifs is 1. The Morgan fingerprint density at radius 1 is 1.73 bits per heavy atom. The highest BCUT2D eigenvalue weighted by Crippen LogP contribution is 2.08. The van der Waals surface area contributed by atoms with Crippen molar-refractivity contribution in [2.24, 2.45) is 0 Å². The third kappa shape index (κ3) is 1.39. The Hall–Kier alpha value is -2.11. The van der Waals surface area contributed by atoms with Gasteiger partial charge in [-0.3, -0.25) is 9.36 Å². The van der Waals surface area contributed by atoms with Crippen LogP contribution in [0.25, 0.3) is 11.2 Å². The van der Waals surface area contributed by atoms with Gasteiger partial charge in [-0.05, 0) is 0 Å². The number of H-pyrrole nitrogens is 1. The number of aromatic amines is 1. The summed E-state index contributed by atoms with van der Waals surface area (Å²) in [5.41, 5.74) is 0.518. The Morgan fingerprint density at radius 2 is 2.53 bits per heavy atom. The van der Waals surface area contributed by atoms with Crippen molar-refractivity contribution in [2.45, 2.75) is 6.54 Å². The third-order valence-electron chi connectivity index (χ3n) is 2.01. The van der Waals surface area contributed by atoms with Gasteiger partial charge in [0.2, 0.25) is 0 Å². The fourth-order valence-electron chi connectivity index (χ4n) is 1.35. The quantitative estimate of drug-likeness (QED) is 0.734. The third-order valence-corrected chi connectivity index (χ3v) is 2.01. The Morgan fingerprint density at radius 3 is 3.20 bits per heavy atom. The molecule has 0 saturated carbocycles. The summed E-state index contributed by atoms with van der Waals surface area (Å²) in [6.07, 6.45) is 3.03. The number of imidazole rings is 1. The molecule has 0 aliphatic rings. The molecule has 0 radical (unpaired) electrons. The van der Waals surface area contributed by atoms with Crippen LogP contribution in [0.3, 0.4) is 0 Å². The maximum Gasteiger partial charge on any atom is 0.301 e. The second-order valence-electron chi connectivity index (χ2n) is 2.90. The number of hydrogen-bond donors (Lipinski definition) is 1. The second-order valence-corrected chi connectivity index (χ2v) is 2.90. The number of methoxy groups -OCH3 is 1. The first kappa shape index (κ1) is 9.45. The highest BCUT2D eigenvalue weighted by molar-refractivity contribution is 5.68. The summed E-state index contributed by atoms with van der Waals surface area (Å²) < 4.78 is 6.39. The van der Waals surface area contributed by atoms with Crippen LogP contribution in [0.2, 0.25) is 0 Å². The van der Waals surface area contributed by atoms with E-state index in [1.807, 2.05) is 0 Å². The van der Waals surface area contributed by atoms with Crippen LogP contribution >= 0.6 is 0 Å². The smallest absolute Gasteiger partial charge is 0.301 e. The average Bonchev–Trinajstić information content (AvgIpc) is 2.70. The minimum atomic E-state index is -0.214. The van der Waals surface area contributed by atoms with E-state index in [1.165, 1.54) is 18.0 Å². The fraction of sp³-hybridized carbons (Fsp3) is 0.222. The molecule has 0 aliphatic heterocycles.